The Bertz CT molecular complexity index is 910. The van der Waals surface area contributed by atoms with Gasteiger partial charge in [0.15, 0.2) is 9.84 Å². The lowest BCUT2D eigenvalue weighted by Crippen LogP contribution is -2.33. The number of nitro groups is 1. The molecule has 0 saturated carbocycles. The van der Waals surface area contributed by atoms with Crippen LogP contribution in [0.5, 0.6) is 0 Å². The molecule has 1 atom stereocenters. The molecule has 1 heterocycles. The van der Waals surface area contributed by atoms with Crippen molar-refractivity contribution >= 4 is 21.4 Å². The monoisotopic (exact) mass is 374 g/mol. The van der Waals surface area contributed by atoms with Crippen molar-refractivity contribution in [2.24, 2.45) is 0 Å². The first-order valence-corrected chi connectivity index (χ1v) is 9.90. The minimum absolute atomic E-state index is 0.0934. The maximum Gasteiger partial charge on any atom is 0.269 e. The molecule has 0 aliphatic carbocycles. The van der Waals surface area contributed by atoms with Gasteiger partial charge in [0.1, 0.15) is 0 Å². The minimum Gasteiger partial charge on any atom is -0.338 e. The molecule has 0 bridgehead atoms. The van der Waals surface area contributed by atoms with Gasteiger partial charge in [-0.25, -0.2) is 8.42 Å². The van der Waals surface area contributed by atoms with Gasteiger partial charge in [0.25, 0.3) is 11.6 Å². The van der Waals surface area contributed by atoms with Crippen molar-refractivity contribution in [1.82, 2.24) is 4.90 Å². The van der Waals surface area contributed by atoms with E-state index < -0.39 is 20.0 Å². The second-order valence-electron chi connectivity index (χ2n) is 6.15. The molecule has 2 aromatic rings. The third kappa shape index (κ3) is 3.75. The van der Waals surface area contributed by atoms with E-state index >= 15 is 0 Å². The van der Waals surface area contributed by atoms with E-state index in [0.717, 1.165) is 5.56 Å². The SMILES string of the molecule is O=C(c1ccc([N+](=O)[O-])cc1)N1CCC(c2ccccc2)S(=O)(=O)CC1. The maximum atomic E-state index is 12.6. The van der Waals surface area contributed by atoms with Crippen LogP contribution < -0.4 is 0 Å². The number of rotatable bonds is 3. The number of nitro benzene ring substituents is 1. The third-order valence-corrected chi connectivity index (χ3v) is 6.65. The highest BCUT2D eigenvalue weighted by Crippen LogP contribution is 2.29. The molecule has 8 heteroatoms. The van der Waals surface area contributed by atoms with Gasteiger partial charge in [-0.2, -0.15) is 0 Å². The van der Waals surface area contributed by atoms with Gasteiger partial charge in [-0.3, -0.25) is 14.9 Å². The zero-order chi connectivity index (χ0) is 18.7. The summed E-state index contributed by atoms with van der Waals surface area (Å²) in [5.74, 6) is -0.422. The number of nitrogens with zero attached hydrogens (tertiary/aromatic N) is 2. The molecular weight excluding hydrogens is 356 g/mol. The van der Waals surface area contributed by atoms with Crippen molar-refractivity contribution in [2.75, 3.05) is 18.8 Å². The van der Waals surface area contributed by atoms with Crippen molar-refractivity contribution in [3.63, 3.8) is 0 Å². The fraction of sp³-hybridized carbons (Fsp3) is 0.278. The molecule has 0 aromatic heterocycles. The van der Waals surface area contributed by atoms with E-state index in [1.54, 1.807) is 24.3 Å². The topological polar surface area (TPSA) is 97.6 Å². The highest BCUT2D eigenvalue weighted by Gasteiger charge is 2.32. The number of amides is 1. The Morgan fingerprint density at radius 3 is 2.31 bits per heavy atom. The molecule has 7 nitrogen and oxygen atoms in total. The Balaban J connectivity index is 1.79. The Labute approximate surface area is 151 Å². The molecule has 1 fully saturated rings. The van der Waals surface area contributed by atoms with Crippen LogP contribution in [0.25, 0.3) is 0 Å². The first kappa shape index (κ1) is 18.1. The lowest BCUT2D eigenvalue weighted by molar-refractivity contribution is -0.384. The average molecular weight is 374 g/mol. The van der Waals surface area contributed by atoms with Crippen molar-refractivity contribution < 1.29 is 18.1 Å². The summed E-state index contributed by atoms with van der Waals surface area (Å²) >= 11 is 0. The summed E-state index contributed by atoms with van der Waals surface area (Å²) in [6, 6.07) is 14.3. The van der Waals surface area contributed by atoms with Crippen molar-refractivity contribution in [3.05, 3.63) is 75.8 Å². The van der Waals surface area contributed by atoms with Gasteiger partial charge in [-0.15, -0.1) is 0 Å². The summed E-state index contributed by atoms with van der Waals surface area (Å²) in [5, 5.41) is 10.1. The Hall–Kier alpha value is -2.74. The third-order valence-electron chi connectivity index (χ3n) is 4.52. The number of benzene rings is 2. The predicted octanol–water partition coefficient (Wildman–Crippen LogP) is 2.60. The van der Waals surface area contributed by atoms with E-state index in [2.05, 4.69) is 0 Å². The van der Waals surface area contributed by atoms with Crippen molar-refractivity contribution in [1.29, 1.82) is 0 Å². The molecule has 1 amide bonds. The molecule has 2 aromatic carbocycles. The van der Waals surface area contributed by atoms with E-state index in [-0.39, 0.29) is 23.9 Å². The van der Waals surface area contributed by atoms with Crippen molar-refractivity contribution in [3.8, 4) is 0 Å². The molecule has 0 spiro atoms. The van der Waals surface area contributed by atoms with Crippen LogP contribution in [0.4, 0.5) is 5.69 Å². The highest BCUT2D eigenvalue weighted by molar-refractivity contribution is 7.91. The first-order chi connectivity index (χ1) is 12.4. The summed E-state index contributed by atoms with van der Waals surface area (Å²) in [6.07, 6.45) is 0.324. The normalized spacial score (nSPS) is 19.5. The Morgan fingerprint density at radius 2 is 1.69 bits per heavy atom. The molecule has 136 valence electrons. The van der Waals surface area contributed by atoms with Crippen LogP contribution in [-0.2, 0) is 9.84 Å². The highest BCUT2D eigenvalue weighted by atomic mass is 32.2. The van der Waals surface area contributed by atoms with Crippen LogP contribution in [0.2, 0.25) is 0 Å². The van der Waals surface area contributed by atoms with E-state index in [1.807, 2.05) is 6.07 Å². The smallest absolute Gasteiger partial charge is 0.269 e. The van der Waals surface area contributed by atoms with Gasteiger partial charge in [0.2, 0.25) is 0 Å². The molecule has 0 radical (unpaired) electrons. The number of hydrogen-bond donors (Lipinski definition) is 0. The Morgan fingerprint density at radius 1 is 1.04 bits per heavy atom. The number of hydrogen-bond acceptors (Lipinski definition) is 5. The second kappa shape index (κ2) is 7.25. The largest absolute Gasteiger partial charge is 0.338 e. The zero-order valence-corrected chi connectivity index (χ0v) is 14.8. The molecule has 1 unspecified atom stereocenters. The van der Waals surface area contributed by atoms with Gasteiger partial charge >= 0.3 is 0 Å². The van der Waals surface area contributed by atoms with Gasteiger partial charge < -0.3 is 4.90 Å². The fourth-order valence-corrected chi connectivity index (χ4v) is 4.89. The summed E-state index contributed by atoms with van der Waals surface area (Å²) < 4.78 is 25.2. The van der Waals surface area contributed by atoms with Crippen LogP contribution in [0, 0.1) is 10.1 Å². The summed E-state index contributed by atoms with van der Waals surface area (Å²) in [6.45, 7) is 0.427. The lowest BCUT2D eigenvalue weighted by atomic mass is 10.1. The molecule has 1 aliphatic heterocycles. The number of carbonyl (C=O) groups is 1. The lowest BCUT2D eigenvalue weighted by Gasteiger charge is -2.20. The number of non-ortho nitro benzene ring substituents is 1. The van der Waals surface area contributed by atoms with Crippen LogP contribution in [0.15, 0.2) is 54.6 Å². The predicted molar refractivity (Wildman–Crippen MR) is 96.6 cm³/mol. The van der Waals surface area contributed by atoms with Crippen LogP contribution in [0.3, 0.4) is 0 Å². The fourth-order valence-electron chi connectivity index (χ4n) is 3.10. The second-order valence-corrected chi connectivity index (χ2v) is 8.45. The first-order valence-electron chi connectivity index (χ1n) is 8.19. The molecule has 3 rings (SSSR count). The minimum atomic E-state index is -3.36. The quantitative estimate of drug-likeness (QED) is 0.607. The van der Waals surface area contributed by atoms with Gasteiger partial charge in [0, 0.05) is 30.8 Å². The average Bonchev–Trinajstić information content (AvgIpc) is 2.80. The van der Waals surface area contributed by atoms with Gasteiger partial charge in [0.05, 0.1) is 15.9 Å². The number of sulfone groups is 1. The van der Waals surface area contributed by atoms with E-state index in [9.17, 15) is 23.3 Å². The summed E-state index contributed by atoms with van der Waals surface area (Å²) in [4.78, 5) is 24.3. The molecule has 0 N–H and O–H groups in total. The summed E-state index contributed by atoms with van der Waals surface area (Å²) in [5.41, 5.74) is 0.951. The molecular formula is C18H18N2O5S. The van der Waals surface area contributed by atoms with E-state index in [1.165, 1.54) is 29.2 Å². The van der Waals surface area contributed by atoms with Gasteiger partial charge in [-0.1, -0.05) is 30.3 Å². The standard InChI is InChI=1S/C18H18N2O5S/c21-18(15-6-8-16(9-7-15)20(22)23)19-11-10-17(26(24,25)13-12-19)14-4-2-1-3-5-14/h1-9,17H,10-13H2. The van der Waals surface area contributed by atoms with Crippen molar-refractivity contribution in [2.45, 2.75) is 11.7 Å². The van der Waals surface area contributed by atoms with Crippen LogP contribution in [0.1, 0.15) is 27.6 Å². The van der Waals surface area contributed by atoms with Gasteiger partial charge in [-0.05, 0) is 24.1 Å². The molecule has 1 aliphatic rings. The summed E-state index contributed by atoms with van der Waals surface area (Å²) in [7, 11) is -3.36. The van der Waals surface area contributed by atoms with E-state index in [0.29, 0.717) is 18.5 Å². The van der Waals surface area contributed by atoms with Crippen LogP contribution in [-0.4, -0.2) is 43.0 Å². The zero-order valence-electron chi connectivity index (χ0n) is 13.9. The van der Waals surface area contributed by atoms with E-state index in [4.69, 9.17) is 0 Å². The molecule has 26 heavy (non-hydrogen) atoms. The Kier molecular flexibility index (Phi) is 5.03. The molecule has 1 saturated heterocycles. The number of carbonyl (C=O) groups excluding carboxylic acids is 1. The maximum absolute atomic E-state index is 12.6. The van der Waals surface area contributed by atoms with Crippen LogP contribution >= 0.6 is 0 Å².